The van der Waals surface area contributed by atoms with E-state index in [0.29, 0.717) is 92.1 Å². The third-order valence-corrected chi connectivity index (χ3v) is 10.3. The number of aromatic nitrogens is 6. The number of esters is 3. The van der Waals surface area contributed by atoms with Gasteiger partial charge in [-0.15, -0.1) is 0 Å². The zero-order chi connectivity index (χ0) is 48.3. The fourth-order valence-corrected chi connectivity index (χ4v) is 7.74. The Hall–Kier alpha value is -6.40. The average Bonchev–Trinajstić information content (AvgIpc) is 3.94. The molecule has 3 aromatic heterocycles. The number of Topliss-reactive ketones (excluding diaryl/α,β-unsaturated/α-hetero) is 3. The molecule has 0 atom stereocenters. The maximum atomic E-state index is 12.8. The summed E-state index contributed by atoms with van der Waals surface area (Å²) in [4.78, 5) is 79.5. The number of carbonyl (C=O) groups excluding carboxylic acids is 6. The number of nitrogens with zero attached hydrogens (tertiary/aromatic N) is 9. The van der Waals surface area contributed by atoms with Gasteiger partial charge in [-0.3, -0.25) is 28.4 Å². The standard InChI is InChI=1S/C16H23N3O3.C15H20FN3O3.C15H21N3O3/c1-6-22-16(21)13-12-8-7-11(9-18(4)5)15(20)14(12)19(17-13)10(2)3;1-4-22-15(21)12-11-6-5-10(9-18(2)3)14(20)13(11)19(17-12)8-7-16;1-5-18-13-11(12(16-18)15(20)21-6-2)8-7-10(14(13)19)9-17(3)4/h9-10H,6-8H2,1-5H3;9H,4-8H2,1-3H3;9H,5-8H2,1-4H3. The fraction of sp³-hybridized carbons (Fsp3) is 0.543. The highest BCUT2D eigenvalue weighted by molar-refractivity contribution is 6.12. The zero-order valence-electron chi connectivity index (χ0n) is 39.9. The van der Waals surface area contributed by atoms with Gasteiger partial charge in [0.1, 0.15) is 23.8 Å². The van der Waals surface area contributed by atoms with Crippen molar-refractivity contribution < 1.29 is 47.4 Å². The molecule has 0 radical (unpaired) electrons. The van der Waals surface area contributed by atoms with E-state index in [0.717, 1.165) is 16.7 Å². The monoisotopic (exact) mass is 905 g/mol. The second kappa shape index (κ2) is 23.0. The fourth-order valence-electron chi connectivity index (χ4n) is 7.74. The van der Waals surface area contributed by atoms with E-state index in [1.807, 2.05) is 85.3 Å². The number of ketones is 3. The molecule has 0 aliphatic heterocycles. The van der Waals surface area contributed by atoms with Crippen LogP contribution >= 0.6 is 0 Å². The first-order valence-electron chi connectivity index (χ1n) is 22.0. The van der Waals surface area contributed by atoms with Gasteiger partial charge in [0.2, 0.25) is 17.3 Å². The van der Waals surface area contributed by atoms with E-state index in [4.69, 9.17) is 14.2 Å². The van der Waals surface area contributed by atoms with Crippen LogP contribution in [0.15, 0.2) is 35.3 Å². The van der Waals surface area contributed by atoms with E-state index < -0.39 is 24.6 Å². The molecule has 18 nitrogen and oxygen atoms in total. The smallest absolute Gasteiger partial charge is 0.359 e. The van der Waals surface area contributed by atoms with Crippen molar-refractivity contribution >= 4 is 35.3 Å². The van der Waals surface area contributed by atoms with Crippen LogP contribution in [0, 0.1) is 0 Å². The van der Waals surface area contributed by atoms with Crippen LogP contribution in [0.25, 0.3) is 0 Å². The number of alkyl halides is 1. The van der Waals surface area contributed by atoms with Crippen molar-refractivity contribution in [1.82, 2.24) is 44.0 Å². The van der Waals surface area contributed by atoms with Crippen molar-refractivity contribution in [3.63, 3.8) is 0 Å². The number of fused-ring (bicyclic) bond motifs is 3. The normalized spacial score (nSPS) is 16.0. The van der Waals surface area contributed by atoms with Crippen LogP contribution in [-0.4, -0.2) is 148 Å². The molecule has 0 fully saturated rings. The molecule has 0 aromatic carbocycles. The Morgan fingerprint density at radius 1 is 0.569 bits per heavy atom. The molecule has 0 N–H and O–H groups in total. The van der Waals surface area contributed by atoms with Gasteiger partial charge in [-0.1, -0.05) is 0 Å². The minimum atomic E-state index is -0.656. The molecule has 354 valence electrons. The predicted molar refractivity (Wildman–Crippen MR) is 240 cm³/mol. The van der Waals surface area contributed by atoms with Crippen molar-refractivity contribution in [3.8, 4) is 0 Å². The van der Waals surface area contributed by atoms with Crippen LogP contribution < -0.4 is 0 Å². The van der Waals surface area contributed by atoms with Gasteiger partial charge >= 0.3 is 17.9 Å². The summed E-state index contributed by atoms with van der Waals surface area (Å²) in [6.07, 6.45) is 8.96. The number of aryl methyl sites for hydroxylation is 2. The molecule has 3 heterocycles. The van der Waals surface area contributed by atoms with E-state index in [-0.39, 0.29) is 53.6 Å². The highest BCUT2D eigenvalue weighted by Gasteiger charge is 2.36. The van der Waals surface area contributed by atoms with Crippen LogP contribution in [0.2, 0.25) is 0 Å². The van der Waals surface area contributed by atoms with Gasteiger partial charge in [-0.25, -0.2) is 18.8 Å². The molecule has 3 aromatic rings. The number of rotatable bonds is 13. The minimum absolute atomic E-state index is 0.000386. The summed E-state index contributed by atoms with van der Waals surface area (Å²) in [5, 5.41) is 12.7. The van der Waals surface area contributed by atoms with E-state index in [2.05, 4.69) is 15.3 Å². The maximum Gasteiger partial charge on any atom is 0.359 e. The van der Waals surface area contributed by atoms with E-state index in [9.17, 15) is 33.2 Å². The van der Waals surface area contributed by atoms with Gasteiger partial charge in [0.15, 0.2) is 17.1 Å². The summed E-state index contributed by atoms with van der Waals surface area (Å²) >= 11 is 0. The SMILES string of the molecule is CCOC(=O)c1nn(C(C)C)c2c1CCC(=CN(C)C)C2=O.CCOC(=O)c1nn(CC)c2c1CCC(=CN(C)C)C2=O.CCOC(=O)c1nn(CCF)c2c1CCC(=CN(C)C)C2=O. The first kappa shape index (κ1) is 51.2. The molecule has 0 saturated heterocycles. The zero-order valence-corrected chi connectivity index (χ0v) is 39.9. The second-order valence-corrected chi connectivity index (χ2v) is 16.3. The lowest BCUT2D eigenvalue weighted by Crippen LogP contribution is -2.21. The lowest BCUT2D eigenvalue weighted by molar-refractivity contribution is 0.0507. The molecule has 65 heavy (non-hydrogen) atoms. The molecule has 19 heteroatoms. The van der Waals surface area contributed by atoms with Crippen molar-refractivity contribution in [2.75, 3.05) is 68.8 Å². The summed E-state index contributed by atoms with van der Waals surface area (Å²) in [7, 11) is 11.2. The Morgan fingerprint density at radius 2 is 0.908 bits per heavy atom. The molecule has 6 rings (SSSR count). The van der Waals surface area contributed by atoms with Crippen molar-refractivity contribution in [2.24, 2.45) is 0 Å². The minimum Gasteiger partial charge on any atom is -0.461 e. The number of hydrogen-bond donors (Lipinski definition) is 0. The van der Waals surface area contributed by atoms with Gasteiger partial charge in [0, 0.05) is 107 Å². The van der Waals surface area contributed by atoms with Gasteiger partial charge in [0.25, 0.3) is 0 Å². The Kier molecular flexibility index (Phi) is 18.1. The second-order valence-electron chi connectivity index (χ2n) is 16.3. The molecule has 0 unspecified atom stereocenters. The molecule has 3 aliphatic carbocycles. The number of allylic oxidation sites excluding steroid dienone is 3. The Labute approximate surface area is 380 Å². The third kappa shape index (κ3) is 11.8. The summed E-state index contributed by atoms with van der Waals surface area (Å²) in [6, 6.07) is -0.000386. The summed E-state index contributed by atoms with van der Waals surface area (Å²) in [5.41, 5.74) is 6.17. The van der Waals surface area contributed by atoms with Crippen molar-refractivity contribution in [1.29, 1.82) is 0 Å². The van der Waals surface area contributed by atoms with Gasteiger partial charge in [0.05, 0.1) is 26.4 Å². The number of hydrogen-bond acceptors (Lipinski definition) is 15. The van der Waals surface area contributed by atoms with E-state index in [1.165, 1.54) is 4.68 Å². The molecule has 0 spiro atoms. The molecule has 0 saturated carbocycles. The van der Waals surface area contributed by atoms with Crippen molar-refractivity contribution in [2.45, 2.75) is 99.2 Å². The van der Waals surface area contributed by atoms with Crippen LogP contribution in [0.5, 0.6) is 0 Å². The van der Waals surface area contributed by atoms with E-state index >= 15 is 0 Å². The molecule has 3 aliphatic rings. The van der Waals surface area contributed by atoms with Gasteiger partial charge in [-0.05, 0) is 80.1 Å². The van der Waals surface area contributed by atoms with Gasteiger partial charge < -0.3 is 28.9 Å². The first-order chi connectivity index (χ1) is 30.8. The first-order valence-corrected chi connectivity index (χ1v) is 22.0. The number of halogens is 1. The number of ether oxygens (including phenoxy) is 3. The largest absolute Gasteiger partial charge is 0.461 e. The lowest BCUT2D eigenvalue weighted by atomic mass is 9.90. The Balaban J connectivity index is 0.000000213. The molecular formula is C46H64FN9O9. The lowest BCUT2D eigenvalue weighted by Gasteiger charge is -2.19. The highest BCUT2D eigenvalue weighted by Crippen LogP contribution is 2.32. The summed E-state index contributed by atoms with van der Waals surface area (Å²) in [6.45, 7) is 11.7. The highest BCUT2D eigenvalue weighted by atomic mass is 19.1. The van der Waals surface area contributed by atoms with Crippen LogP contribution in [-0.2, 0) is 46.6 Å². The molecular weight excluding hydrogens is 842 g/mol. The number of carbonyl (C=O) groups is 6. The van der Waals surface area contributed by atoms with Crippen LogP contribution in [0.1, 0.15) is 146 Å². The summed E-state index contributed by atoms with van der Waals surface area (Å²) < 4.78 is 32.3. The van der Waals surface area contributed by atoms with Crippen LogP contribution in [0.4, 0.5) is 4.39 Å². The topological polar surface area (TPSA) is 193 Å². The van der Waals surface area contributed by atoms with Crippen LogP contribution in [0.3, 0.4) is 0 Å². The Morgan fingerprint density at radius 3 is 1.25 bits per heavy atom. The predicted octanol–water partition coefficient (Wildman–Crippen LogP) is 5.47. The third-order valence-electron chi connectivity index (χ3n) is 10.3. The van der Waals surface area contributed by atoms with E-state index in [1.54, 1.807) is 41.2 Å². The molecule has 0 bridgehead atoms. The Bertz CT molecular complexity index is 2360. The average molecular weight is 906 g/mol. The maximum absolute atomic E-state index is 12.8. The quantitative estimate of drug-likeness (QED) is 0.119. The summed E-state index contributed by atoms with van der Waals surface area (Å²) in [5.74, 6) is -1.77. The molecule has 0 amide bonds. The van der Waals surface area contributed by atoms with Crippen molar-refractivity contribution in [3.05, 3.63) is 86.2 Å². The van der Waals surface area contributed by atoms with Gasteiger partial charge in [-0.2, -0.15) is 15.3 Å².